The molecular formula is C11H17N3O5. The van der Waals surface area contributed by atoms with Gasteiger partial charge in [0.2, 0.25) is 5.91 Å². The Balaban J connectivity index is 2.57. The molecule has 0 bridgehead atoms. The quantitative estimate of drug-likeness (QED) is 0.651. The first-order chi connectivity index (χ1) is 8.73. The zero-order valence-corrected chi connectivity index (χ0v) is 11.1. The summed E-state index contributed by atoms with van der Waals surface area (Å²) in [5.41, 5.74) is 0. The molecule has 8 heteroatoms. The summed E-state index contributed by atoms with van der Waals surface area (Å²) in [4.78, 5) is 48.9. The van der Waals surface area contributed by atoms with E-state index in [1.54, 1.807) is 0 Å². The van der Waals surface area contributed by atoms with Crippen molar-refractivity contribution in [2.45, 2.75) is 6.92 Å². The van der Waals surface area contributed by atoms with E-state index in [-0.39, 0.29) is 19.6 Å². The first-order valence-corrected chi connectivity index (χ1v) is 5.76. The largest absolute Gasteiger partial charge is 0.481 e. The number of carboxylic acid groups (broad SMARTS) is 1. The maximum absolute atomic E-state index is 11.8. The predicted octanol–water partition coefficient (Wildman–Crippen LogP) is -0.940. The van der Waals surface area contributed by atoms with Gasteiger partial charge in [0.15, 0.2) is 0 Å². The first-order valence-electron chi connectivity index (χ1n) is 5.76. The number of carbonyl (C=O) groups is 4. The predicted molar refractivity (Wildman–Crippen MR) is 64.2 cm³/mol. The van der Waals surface area contributed by atoms with Crippen LogP contribution in [0.4, 0.5) is 4.79 Å². The third-order valence-electron chi connectivity index (χ3n) is 2.92. The number of rotatable bonds is 5. The summed E-state index contributed by atoms with van der Waals surface area (Å²) < 4.78 is 0. The highest BCUT2D eigenvalue weighted by molar-refractivity contribution is 6.04. The number of hydrogen-bond donors (Lipinski definition) is 1. The first kappa shape index (κ1) is 14.9. The van der Waals surface area contributed by atoms with Crippen LogP contribution in [0.1, 0.15) is 6.92 Å². The van der Waals surface area contributed by atoms with Crippen molar-refractivity contribution in [1.82, 2.24) is 14.7 Å². The minimum absolute atomic E-state index is 0.0280. The molecule has 106 valence electrons. The summed E-state index contributed by atoms with van der Waals surface area (Å²) in [7, 11) is 2.91. The van der Waals surface area contributed by atoms with Gasteiger partial charge in [-0.05, 0) is 0 Å². The van der Waals surface area contributed by atoms with Crippen molar-refractivity contribution < 1.29 is 24.3 Å². The van der Waals surface area contributed by atoms with Crippen LogP contribution in [0.3, 0.4) is 0 Å². The van der Waals surface area contributed by atoms with Gasteiger partial charge in [-0.15, -0.1) is 0 Å². The highest BCUT2D eigenvalue weighted by Crippen LogP contribution is 2.08. The fourth-order valence-corrected chi connectivity index (χ4v) is 1.67. The number of hydrogen-bond acceptors (Lipinski definition) is 4. The summed E-state index contributed by atoms with van der Waals surface area (Å²) in [6.45, 7) is 1.11. The number of amides is 4. The lowest BCUT2D eigenvalue weighted by Crippen LogP contribution is -2.43. The zero-order chi connectivity index (χ0) is 14.7. The van der Waals surface area contributed by atoms with Crippen LogP contribution in [-0.2, 0) is 14.4 Å². The lowest BCUT2D eigenvalue weighted by Gasteiger charge is -2.22. The highest BCUT2D eigenvalue weighted by atomic mass is 16.4. The van der Waals surface area contributed by atoms with Crippen molar-refractivity contribution >= 4 is 23.8 Å². The number of carbonyl (C=O) groups excluding carboxylic acids is 3. The number of aliphatic carboxylic acids is 1. The van der Waals surface area contributed by atoms with Crippen molar-refractivity contribution in [3.63, 3.8) is 0 Å². The summed E-state index contributed by atoms with van der Waals surface area (Å²) in [6, 6.07) is -0.516. The Bertz CT molecular complexity index is 423. The van der Waals surface area contributed by atoms with E-state index < -0.39 is 29.7 Å². The van der Waals surface area contributed by atoms with Crippen LogP contribution in [0.25, 0.3) is 0 Å². The molecule has 1 aliphatic rings. The Morgan fingerprint density at radius 3 is 2.42 bits per heavy atom. The Kier molecular flexibility index (Phi) is 4.47. The van der Waals surface area contributed by atoms with Gasteiger partial charge in [-0.1, -0.05) is 6.92 Å². The third kappa shape index (κ3) is 3.43. The van der Waals surface area contributed by atoms with Crippen molar-refractivity contribution in [3.05, 3.63) is 0 Å². The smallest absolute Gasteiger partial charge is 0.327 e. The molecule has 1 heterocycles. The van der Waals surface area contributed by atoms with E-state index in [0.717, 1.165) is 4.90 Å². The molecule has 1 atom stereocenters. The number of imide groups is 1. The molecule has 0 aromatic carbocycles. The third-order valence-corrected chi connectivity index (χ3v) is 2.92. The molecule has 0 aromatic heterocycles. The zero-order valence-electron chi connectivity index (χ0n) is 11.1. The Hall–Kier alpha value is -2.12. The molecule has 0 aromatic rings. The SMILES string of the molecule is CC(CN(C)C(=O)CN1C(=O)CN(C)C1=O)C(=O)O. The minimum atomic E-state index is -1.01. The summed E-state index contributed by atoms with van der Waals surface area (Å²) in [5, 5.41) is 8.75. The molecule has 1 rings (SSSR count). The molecule has 1 N–H and O–H groups in total. The van der Waals surface area contributed by atoms with Gasteiger partial charge in [0.25, 0.3) is 5.91 Å². The normalized spacial score (nSPS) is 16.8. The summed E-state index contributed by atoms with van der Waals surface area (Å²) in [6.07, 6.45) is 0. The number of carboxylic acids is 1. The van der Waals surface area contributed by atoms with Gasteiger partial charge in [-0.3, -0.25) is 19.3 Å². The fraction of sp³-hybridized carbons (Fsp3) is 0.636. The van der Waals surface area contributed by atoms with Crippen LogP contribution in [0.5, 0.6) is 0 Å². The second-order valence-electron chi connectivity index (χ2n) is 4.63. The Morgan fingerprint density at radius 2 is 2.00 bits per heavy atom. The van der Waals surface area contributed by atoms with E-state index in [9.17, 15) is 19.2 Å². The summed E-state index contributed by atoms with van der Waals surface area (Å²) >= 11 is 0. The number of urea groups is 1. The van der Waals surface area contributed by atoms with E-state index in [1.165, 1.54) is 30.8 Å². The number of nitrogens with zero attached hydrogens (tertiary/aromatic N) is 3. The number of likely N-dealkylation sites (N-methyl/N-ethyl adjacent to an activating group) is 2. The molecular weight excluding hydrogens is 254 g/mol. The maximum atomic E-state index is 11.8. The van der Waals surface area contributed by atoms with Gasteiger partial charge >= 0.3 is 12.0 Å². The van der Waals surface area contributed by atoms with E-state index in [1.807, 2.05) is 0 Å². The molecule has 1 fully saturated rings. The molecule has 1 unspecified atom stereocenters. The van der Waals surface area contributed by atoms with E-state index in [2.05, 4.69) is 0 Å². The Labute approximate surface area is 110 Å². The molecule has 8 nitrogen and oxygen atoms in total. The second kappa shape index (κ2) is 5.68. The average molecular weight is 271 g/mol. The molecule has 1 aliphatic heterocycles. The van der Waals surface area contributed by atoms with Gasteiger partial charge in [-0.2, -0.15) is 0 Å². The van der Waals surface area contributed by atoms with Crippen LogP contribution >= 0.6 is 0 Å². The minimum Gasteiger partial charge on any atom is -0.481 e. The molecule has 0 saturated carbocycles. The average Bonchev–Trinajstić information content (AvgIpc) is 2.55. The molecule has 0 spiro atoms. The molecule has 1 saturated heterocycles. The highest BCUT2D eigenvalue weighted by Gasteiger charge is 2.35. The molecule has 0 aliphatic carbocycles. The van der Waals surface area contributed by atoms with Crippen LogP contribution in [0.2, 0.25) is 0 Å². The molecule has 19 heavy (non-hydrogen) atoms. The van der Waals surface area contributed by atoms with Gasteiger partial charge < -0.3 is 14.9 Å². The Morgan fingerprint density at radius 1 is 1.42 bits per heavy atom. The second-order valence-corrected chi connectivity index (χ2v) is 4.63. The van der Waals surface area contributed by atoms with Crippen molar-refractivity contribution in [1.29, 1.82) is 0 Å². The standard InChI is InChI=1S/C11H17N3O5/c1-7(10(17)18)4-12(2)8(15)6-14-9(16)5-13(3)11(14)19/h7H,4-6H2,1-3H3,(H,17,18). The fourth-order valence-electron chi connectivity index (χ4n) is 1.67. The van der Waals surface area contributed by atoms with Crippen LogP contribution in [0.15, 0.2) is 0 Å². The van der Waals surface area contributed by atoms with E-state index in [4.69, 9.17) is 5.11 Å². The lowest BCUT2D eigenvalue weighted by molar-refractivity contribution is -0.143. The van der Waals surface area contributed by atoms with Crippen LogP contribution < -0.4 is 0 Å². The van der Waals surface area contributed by atoms with Crippen LogP contribution in [-0.4, -0.2) is 77.4 Å². The van der Waals surface area contributed by atoms with Gasteiger partial charge in [0.05, 0.1) is 5.92 Å². The topological polar surface area (TPSA) is 98.2 Å². The van der Waals surface area contributed by atoms with Crippen molar-refractivity contribution in [2.75, 3.05) is 33.7 Å². The lowest BCUT2D eigenvalue weighted by atomic mass is 10.2. The van der Waals surface area contributed by atoms with Gasteiger partial charge in [0, 0.05) is 20.6 Å². The van der Waals surface area contributed by atoms with Crippen molar-refractivity contribution in [2.24, 2.45) is 5.92 Å². The molecule has 0 radical (unpaired) electrons. The monoisotopic (exact) mass is 271 g/mol. The van der Waals surface area contributed by atoms with Gasteiger partial charge in [-0.25, -0.2) is 4.79 Å². The summed E-state index contributed by atoms with van der Waals surface area (Å²) in [5.74, 6) is -2.61. The van der Waals surface area contributed by atoms with Gasteiger partial charge in [0.1, 0.15) is 13.1 Å². The maximum Gasteiger partial charge on any atom is 0.327 e. The molecule has 4 amide bonds. The van der Waals surface area contributed by atoms with E-state index in [0.29, 0.717) is 0 Å². The van der Waals surface area contributed by atoms with E-state index >= 15 is 0 Å². The van der Waals surface area contributed by atoms with Crippen molar-refractivity contribution in [3.8, 4) is 0 Å². The van der Waals surface area contributed by atoms with Crippen LogP contribution in [0, 0.1) is 5.92 Å².